The minimum absolute atomic E-state index is 0.112. The van der Waals surface area contributed by atoms with E-state index in [1.807, 2.05) is 0 Å². The number of nitrogens with one attached hydrogen (secondary N) is 1. The van der Waals surface area contributed by atoms with E-state index in [4.69, 9.17) is 4.74 Å². The average molecular weight is 276 g/mol. The smallest absolute Gasteiger partial charge is 0.223 e. The number of nitrogens with zero attached hydrogens (tertiary/aromatic N) is 1. The first kappa shape index (κ1) is 14.9. The number of ether oxygens (including phenoxy) is 1. The summed E-state index contributed by atoms with van der Waals surface area (Å²) in [6, 6.07) is 6.29. The number of hydrogen-bond acceptors (Lipinski definition) is 3. The SMILES string of the molecule is CN(C)C(=O)CCNCc1cccc2c1OC(C)(C)C2. The van der Waals surface area contributed by atoms with Crippen molar-refractivity contribution in [1.82, 2.24) is 10.2 Å². The van der Waals surface area contributed by atoms with Gasteiger partial charge < -0.3 is 15.0 Å². The molecule has 2 rings (SSSR count). The second kappa shape index (κ2) is 5.83. The Morgan fingerprint density at radius 1 is 1.40 bits per heavy atom. The van der Waals surface area contributed by atoms with Crippen LogP contribution < -0.4 is 10.1 Å². The van der Waals surface area contributed by atoms with Gasteiger partial charge in [0.2, 0.25) is 5.91 Å². The highest BCUT2D eigenvalue weighted by molar-refractivity contribution is 5.75. The first-order valence-corrected chi connectivity index (χ1v) is 7.10. The lowest BCUT2D eigenvalue weighted by molar-refractivity contribution is -0.128. The number of hydrogen-bond donors (Lipinski definition) is 1. The topological polar surface area (TPSA) is 41.6 Å². The fourth-order valence-electron chi connectivity index (χ4n) is 2.46. The summed E-state index contributed by atoms with van der Waals surface area (Å²) in [6.07, 6.45) is 1.48. The van der Waals surface area contributed by atoms with Gasteiger partial charge >= 0.3 is 0 Å². The molecule has 0 radical (unpaired) electrons. The highest BCUT2D eigenvalue weighted by Crippen LogP contribution is 2.37. The van der Waals surface area contributed by atoms with E-state index in [9.17, 15) is 4.79 Å². The summed E-state index contributed by atoms with van der Waals surface area (Å²) in [4.78, 5) is 13.1. The van der Waals surface area contributed by atoms with Crippen LogP contribution in [-0.2, 0) is 17.8 Å². The number of benzene rings is 1. The molecule has 0 atom stereocenters. The molecule has 1 heterocycles. The van der Waals surface area contributed by atoms with E-state index >= 15 is 0 Å². The van der Waals surface area contributed by atoms with Crippen molar-refractivity contribution in [2.75, 3.05) is 20.6 Å². The summed E-state index contributed by atoms with van der Waals surface area (Å²) in [5, 5.41) is 3.32. The molecule has 4 heteroatoms. The van der Waals surface area contributed by atoms with E-state index in [0.717, 1.165) is 18.7 Å². The Labute approximate surface area is 121 Å². The molecule has 4 nitrogen and oxygen atoms in total. The monoisotopic (exact) mass is 276 g/mol. The first-order valence-electron chi connectivity index (χ1n) is 7.10. The second-order valence-electron chi connectivity index (χ2n) is 6.16. The highest BCUT2D eigenvalue weighted by Gasteiger charge is 2.31. The fraction of sp³-hybridized carbons (Fsp3) is 0.562. The Balaban J connectivity index is 1.89. The van der Waals surface area contributed by atoms with Crippen molar-refractivity contribution in [3.05, 3.63) is 29.3 Å². The lowest BCUT2D eigenvalue weighted by Gasteiger charge is -2.18. The van der Waals surface area contributed by atoms with E-state index in [2.05, 4.69) is 37.4 Å². The Kier molecular flexibility index (Phi) is 4.33. The van der Waals surface area contributed by atoms with Crippen molar-refractivity contribution in [2.45, 2.75) is 38.8 Å². The predicted molar refractivity (Wildman–Crippen MR) is 79.9 cm³/mol. The van der Waals surface area contributed by atoms with Gasteiger partial charge in [-0.15, -0.1) is 0 Å². The van der Waals surface area contributed by atoms with E-state index in [1.165, 1.54) is 11.1 Å². The summed E-state index contributed by atoms with van der Waals surface area (Å²) < 4.78 is 6.03. The highest BCUT2D eigenvalue weighted by atomic mass is 16.5. The largest absolute Gasteiger partial charge is 0.487 e. The number of carbonyl (C=O) groups is 1. The van der Waals surface area contributed by atoms with E-state index in [0.29, 0.717) is 13.0 Å². The average Bonchev–Trinajstić information content (AvgIpc) is 2.68. The van der Waals surface area contributed by atoms with Crippen molar-refractivity contribution < 1.29 is 9.53 Å². The molecule has 0 spiro atoms. The van der Waals surface area contributed by atoms with Gasteiger partial charge in [-0.1, -0.05) is 18.2 Å². The lowest BCUT2D eigenvalue weighted by Crippen LogP contribution is -2.27. The maximum Gasteiger partial charge on any atom is 0.223 e. The van der Waals surface area contributed by atoms with E-state index in [-0.39, 0.29) is 11.5 Å². The van der Waals surface area contributed by atoms with Gasteiger partial charge in [-0.05, 0) is 19.4 Å². The molecule has 1 aromatic rings. The number of fused-ring (bicyclic) bond motifs is 1. The molecule has 20 heavy (non-hydrogen) atoms. The van der Waals surface area contributed by atoms with Crippen LogP contribution >= 0.6 is 0 Å². The summed E-state index contributed by atoms with van der Waals surface area (Å²) in [7, 11) is 3.56. The van der Waals surface area contributed by atoms with Crippen LogP contribution in [0.1, 0.15) is 31.4 Å². The molecule has 0 unspecified atom stereocenters. The molecule has 0 fully saturated rings. The summed E-state index contributed by atoms with van der Waals surface area (Å²) in [6.45, 7) is 5.64. The standard InChI is InChI=1S/C16H24N2O2/c1-16(2)10-12-6-5-7-13(15(12)20-16)11-17-9-8-14(19)18(3)4/h5-7,17H,8-11H2,1-4H3. The van der Waals surface area contributed by atoms with Crippen molar-refractivity contribution in [3.8, 4) is 5.75 Å². The Morgan fingerprint density at radius 3 is 2.85 bits per heavy atom. The summed E-state index contributed by atoms with van der Waals surface area (Å²) >= 11 is 0. The number of para-hydroxylation sites is 1. The zero-order valence-electron chi connectivity index (χ0n) is 12.8. The summed E-state index contributed by atoms with van der Waals surface area (Å²) in [5.74, 6) is 1.16. The maximum atomic E-state index is 11.5. The minimum atomic E-state index is -0.112. The van der Waals surface area contributed by atoms with Gasteiger partial charge in [0, 0.05) is 45.6 Å². The molecule has 1 amide bonds. The molecule has 0 saturated carbocycles. The number of rotatable bonds is 5. The fourth-order valence-corrected chi connectivity index (χ4v) is 2.46. The summed E-state index contributed by atoms with van der Waals surface area (Å²) in [5.41, 5.74) is 2.34. The molecular weight excluding hydrogens is 252 g/mol. The van der Waals surface area contributed by atoms with Crippen molar-refractivity contribution in [2.24, 2.45) is 0 Å². The van der Waals surface area contributed by atoms with Gasteiger partial charge in [0.25, 0.3) is 0 Å². The third-order valence-corrected chi connectivity index (χ3v) is 3.50. The molecule has 1 aromatic carbocycles. The maximum absolute atomic E-state index is 11.5. The third kappa shape index (κ3) is 3.51. The van der Waals surface area contributed by atoms with Gasteiger partial charge in [0.05, 0.1) is 0 Å². The van der Waals surface area contributed by atoms with Crippen LogP contribution in [0.3, 0.4) is 0 Å². The van der Waals surface area contributed by atoms with Crippen LogP contribution in [0.15, 0.2) is 18.2 Å². The molecule has 110 valence electrons. The molecular formula is C16H24N2O2. The predicted octanol–water partition coefficient (Wildman–Crippen LogP) is 1.97. The number of carbonyl (C=O) groups excluding carboxylic acids is 1. The molecule has 0 bridgehead atoms. The Morgan fingerprint density at radius 2 is 2.15 bits per heavy atom. The minimum Gasteiger partial charge on any atom is -0.487 e. The van der Waals surface area contributed by atoms with Crippen LogP contribution in [0, 0.1) is 0 Å². The van der Waals surface area contributed by atoms with Crippen LogP contribution in [0.5, 0.6) is 5.75 Å². The van der Waals surface area contributed by atoms with Gasteiger partial charge in [-0.2, -0.15) is 0 Å². The molecule has 1 aliphatic rings. The Bertz CT molecular complexity index is 495. The first-order chi connectivity index (χ1) is 9.39. The second-order valence-corrected chi connectivity index (χ2v) is 6.16. The van der Waals surface area contributed by atoms with Crippen LogP contribution in [-0.4, -0.2) is 37.0 Å². The molecule has 0 aliphatic carbocycles. The van der Waals surface area contributed by atoms with Gasteiger partial charge in [-0.3, -0.25) is 4.79 Å². The lowest BCUT2D eigenvalue weighted by atomic mass is 10.0. The van der Waals surface area contributed by atoms with Crippen LogP contribution in [0.2, 0.25) is 0 Å². The molecule has 1 N–H and O–H groups in total. The zero-order valence-corrected chi connectivity index (χ0v) is 12.8. The van der Waals surface area contributed by atoms with Gasteiger partial charge in [-0.25, -0.2) is 0 Å². The van der Waals surface area contributed by atoms with Crippen LogP contribution in [0.4, 0.5) is 0 Å². The molecule has 1 aliphatic heterocycles. The molecule has 0 saturated heterocycles. The quantitative estimate of drug-likeness (QED) is 0.836. The normalized spacial score (nSPS) is 15.6. The van der Waals surface area contributed by atoms with E-state index < -0.39 is 0 Å². The molecule has 0 aromatic heterocycles. The number of amides is 1. The van der Waals surface area contributed by atoms with Crippen molar-refractivity contribution in [3.63, 3.8) is 0 Å². The Hall–Kier alpha value is -1.55. The van der Waals surface area contributed by atoms with Crippen molar-refractivity contribution in [1.29, 1.82) is 0 Å². The van der Waals surface area contributed by atoms with Crippen LogP contribution in [0.25, 0.3) is 0 Å². The van der Waals surface area contributed by atoms with Crippen molar-refractivity contribution >= 4 is 5.91 Å². The van der Waals surface area contributed by atoms with E-state index in [1.54, 1.807) is 19.0 Å². The third-order valence-electron chi connectivity index (χ3n) is 3.50. The van der Waals surface area contributed by atoms with Gasteiger partial charge in [0.15, 0.2) is 0 Å². The zero-order chi connectivity index (χ0) is 14.8. The van der Waals surface area contributed by atoms with Gasteiger partial charge in [0.1, 0.15) is 11.4 Å².